The van der Waals surface area contributed by atoms with Crippen molar-refractivity contribution < 1.29 is 5.73 Å². The van der Waals surface area contributed by atoms with Crippen molar-refractivity contribution in [2.24, 2.45) is 5.92 Å². The van der Waals surface area contributed by atoms with E-state index in [4.69, 9.17) is 11.6 Å². The average molecular weight is 267 g/mol. The van der Waals surface area contributed by atoms with Crippen LogP contribution in [-0.4, -0.2) is 6.04 Å². The Labute approximate surface area is 116 Å². The molecule has 2 rings (SSSR count). The maximum absolute atomic E-state index is 5.99. The molecule has 1 aromatic carbocycles. The summed E-state index contributed by atoms with van der Waals surface area (Å²) in [6.45, 7) is 4.59. The molecule has 0 bridgehead atoms. The Balaban J connectivity index is 2.12. The fraction of sp³-hybridized carbons (Fsp3) is 0.625. The molecule has 0 spiro atoms. The van der Waals surface area contributed by atoms with E-state index in [1.807, 2.05) is 12.1 Å². The van der Waals surface area contributed by atoms with Crippen molar-refractivity contribution in [1.29, 1.82) is 0 Å². The Morgan fingerprint density at radius 1 is 1.17 bits per heavy atom. The van der Waals surface area contributed by atoms with Crippen LogP contribution < -0.4 is 5.73 Å². The van der Waals surface area contributed by atoms with Crippen LogP contribution in [0.1, 0.15) is 51.5 Å². The Hall–Kier alpha value is -0.530. The van der Waals surface area contributed by atoms with E-state index in [2.05, 4.69) is 31.7 Å². The molecule has 0 heterocycles. The highest BCUT2D eigenvalue weighted by atomic mass is 35.5. The zero-order valence-corrected chi connectivity index (χ0v) is 12.3. The standard InChI is InChI=1S/C16H24ClN/c1-12(2)4-9-15(18)16(10-3-11-16)13-5-7-14(17)8-6-13/h5-8,12,15H,3-4,9-11,18H2,1-2H3/p+1/t15-/m0/s1. The number of rotatable bonds is 5. The lowest BCUT2D eigenvalue weighted by molar-refractivity contribution is -0.445. The molecule has 1 atom stereocenters. The van der Waals surface area contributed by atoms with Crippen LogP contribution in [0.4, 0.5) is 0 Å². The minimum Gasteiger partial charge on any atom is -0.354 e. The van der Waals surface area contributed by atoms with Gasteiger partial charge >= 0.3 is 0 Å². The third-order valence-electron chi connectivity index (χ3n) is 4.54. The first-order valence-corrected chi connectivity index (χ1v) is 7.51. The first-order chi connectivity index (χ1) is 8.54. The summed E-state index contributed by atoms with van der Waals surface area (Å²) >= 11 is 5.99. The van der Waals surface area contributed by atoms with Crippen LogP contribution >= 0.6 is 11.6 Å². The number of hydrogen-bond acceptors (Lipinski definition) is 0. The first-order valence-electron chi connectivity index (χ1n) is 7.14. The van der Waals surface area contributed by atoms with E-state index in [1.165, 1.54) is 37.7 Å². The Morgan fingerprint density at radius 2 is 1.78 bits per heavy atom. The molecule has 0 unspecified atom stereocenters. The average Bonchev–Trinajstić information content (AvgIpc) is 2.27. The van der Waals surface area contributed by atoms with Gasteiger partial charge in [-0.15, -0.1) is 0 Å². The van der Waals surface area contributed by atoms with Gasteiger partial charge in [-0.05, 0) is 42.9 Å². The lowest BCUT2D eigenvalue weighted by Gasteiger charge is -2.45. The molecule has 0 aromatic heterocycles. The van der Waals surface area contributed by atoms with E-state index in [-0.39, 0.29) is 0 Å². The Kier molecular flexibility index (Phi) is 4.34. The van der Waals surface area contributed by atoms with Crippen molar-refractivity contribution in [1.82, 2.24) is 0 Å². The molecule has 0 aliphatic heterocycles. The summed E-state index contributed by atoms with van der Waals surface area (Å²) in [7, 11) is 0. The molecule has 1 aliphatic rings. The zero-order chi connectivity index (χ0) is 13.2. The summed E-state index contributed by atoms with van der Waals surface area (Å²) in [6, 6.07) is 8.98. The fourth-order valence-corrected chi connectivity index (χ4v) is 3.21. The van der Waals surface area contributed by atoms with Crippen molar-refractivity contribution in [3.63, 3.8) is 0 Å². The normalized spacial score (nSPS) is 19.6. The van der Waals surface area contributed by atoms with E-state index >= 15 is 0 Å². The molecule has 1 aromatic rings. The van der Waals surface area contributed by atoms with E-state index in [9.17, 15) is 0 Å². The molecular weight excluding hydrogens is 242 g/mol. The largest absolute Gasteiger partial charge is 0.354 e. The van der Waals surface area contributed by atoms with Gasteiger partial charge in [0.05, 0.1) is 6.04 Å². The van der Waals surface area contributed by atoms with Crippen LogP contribution in [0.25, 0.3) is 0 Å². The quantitative estimate of drug-likeness (QED) is 0.839. The van der Waals surface area contributed by atoms with Gasteiger partial charge in [-0.3, -0.25) is 0 Å². The predicted molar refractivity (Wildman–Crippen MR) is 77.7 cm³/mol. The van der Waals surface area contributed by atoms with Gasteiger partial charge in [0.2, 0.25) is 0 Å². The number of benzene rings is 1. The van der Waals surface area contributed by atoms with Crippen molar-refractivity contribution in [2.75, 3.05) is 0 Å². The summed E-state index contributed by atoms with van der Waals surface area (Å²) in [5.74, 6) is 0.775. The third-order valence-corrected chi connectivity index (χ3v) is 4.79. The SMILES string of the molecule is CC(C)CC[C@H]([NH3+])C1(c2ccc(Cl)cc2)CCC1. The van der Waals surface area contributed by atoms with Crippen LogP contribution in [0.2, 0.25) is 5.02 Å². The third kappa shape index (κ3) is 2.73. The van der Waals surface area contributed by atoms with Crippen molar-refractivity contribution >= 4 is 11.6 Å². The van der Waals surface area contributed by atoms with Crippen molar-refractivity contribution in [3.05, 3.63) is 34.9 Å². The summed E-state index contributed by atoms with van der Waals surface area (Å²) in [6.07, 6.45) is 6.45. The van der Waals surface area contributed by atoms with Crippen molar-refractivity contribution in [2.45, 2.75) is 57.4 Å². The van der Waals surface area contributed by atoms with E-state index in [0.717, 1.165) is 10.9 Å². The monoisotopic (exact) mass is 266 g/mol. The summed E-state index contributed by atoms with van der Waals surface area (Å²) in [5, 5.41) is 0.830. The minimum atomic E-state index is 0.333. The molecule has 100 valence electrons. The lowest BCUT2D eigenvalue weighted by Crippen LogP contribution is -2.71. The summed E-state index contributed by atoms with van der Waals surface area (Å²) in [5.41, 5.74) is 6.25. The smallest absolute Gasteiger partial charge is 0.0941 e. The van der Waals surface area contributed by atoms with E-state index < -0.39 is 0 Å². The van der Waals surface area contributed by atoms with E-state index in [1.54, 1.807) is 0 Å². The summed E-state index contributed by atoms with van der Waals surface area (Å²) < 4.78 is 0. The number of halogens is 1. The fourth-order valence-electron chi connectivity index (χ4n) is 3.08. The van der Waals surface area contributed by atoms with Crippen LogP contribution in [0.5, 0.6) is 0 Å². The van der Waals surface area contributed by atoms with Gasteiger partial charge in [0.15, 0.2) is 0 Å². The number of quaternary nitrogens is 1. The maximum Gasteiger partial charge on any atom is 0.0941 e. The molecule has 2 heteroatoms. The summed E-state index contributed by atoms with van der Waals surface area (Å²) in [4.78, 5) is 0. The molecule has 18 heavy (non-hydrogen) atoms. The molecule has 1 nitrogen and oxygen atoms in total. The molecule has 3 N–H and O–H groups in total. The van der Waals surface area contributed by atoms with E-state index in [0.29, 0.717) is 11.5 Å². The Bertz CT molecular complexity index is 379. The zero-order valence-electron chi connectivity index (χ0n) is 11.6. The molecule has 1 fully saturated rings. The van der Waals surface area contributed by atoms with Crippen LogP contribution in [0.15, 0.2) is 24.3 Å². The highest BCUT2D eigenvalue weighted by Crippen LogP contribution is 2.46. The second-order valence-corrected chi connectivity index (χ2v) is 6.62. The molecule has 0 saturated heterocycles. The molecule has 0 radical (unpaired) electrons. The number of hydrogen-bond donors (Lipinski definition) is 1. The topological polar surface area (TPSA) is 27.6 Å². The predicted octanol–water partition coefficient (Wildman–Crippen LogP) is 3.81. The highest BCUT2D eigenvalue weighted by Gasteiger charge is 2.45. The molecule has 0 amide bonds. The van der Waals surface area contributed by atoms with Gasteiger partial charge in [-0.1, -0.05) is 44.0 Å². The lowest BCUT2D eigenvalue weighted by atomic mass is 9.59. The van der Waals surface area contributed by atoms with Crippen LogP contribution in [-0.2, 0) is 5.41 Å². The van der Waals surface area contributed by atoms with Gasteiger partial charge in [0.25, 0.3) is 0 Å². The van der Waals surface area contributed by atoms with Crippen LogP contribution in [0.3, 0.4) is 0 Å². The van der Waals surface area contributed by atoms with Gasteiger partial charge in [0.1, 0.15) is 0 Å². The maximum atomic E-state index is 5.99. The molecule has 1 saturated carbocycles. The van der Waals surface area contributed by atoms with Crippen molar-refractivity contribution in [3.8, 4) is 0 Å². The van der Waals surface area contributed by atoms with Crippen LogP contribution in [0, 0.1) is 5.92 Å². The minimum absolute atomic E-state index is 0.333. The van der Waals surface area contributed by atoms with Gasteiger partial charge in [-0.25, -0.2) is 0 Å². The van der Waals surface area contributed by atoms with Gasteiger partial charge in [0, 0.05) is 16.9 Å². The molecular formula is C16H25ClN+. The second-order valence-electron chi connectivity index (χ2n) is 6.18. The molecule has 1 aliphatic carbocycles. The Morgan fingerprint density at radius 3 is 2.22 bits per heavy atom. The highest BCUT2D eigenvalue weighted by molar-refractivity contribution is 6.30. The first kappa shape index (κ1) is 13.9. The van der Waals surface area contributed by atoms with Gasteiger partial charge in [-0.2, -0.15) is 0 Å². The van der Waals surface area contributed by atoms with Gasteiger partial charge < -0.3 is 5.73 Å². The second kappa shape index (κ2) is 5.63.